The van der Waals surface area contributed by atoms with Crippen molar-refractivity contribution in [2.24, 2.45) is 5.73 Å². The van der Waals surface area contributed by atoms with E-state index >= 15 is 0 Å². The number of hydrogen-bond donors (Lipinski definition) is 4. The highest BCUT2D eigenvalue weighted by molar-refractivity contribution is 5.95. The van der Waals surface area contributed by atoms with E-state index in [0.717, 1.165) is 16.7 Å². The van der Waals surface area contributed by atoms with Gasteiger partial charge in [0.1, 0.15) is 17.9 Å². The van der Waals surface area contributed by atoms with Gasteiger partial charge in [-0.3, -0.25) is 19.8 Å². The van der Waals surface area contributed by atoms with Gasteiger partial charge in [0.25, 0.3) is 0 Å². The van der Waals surface area contributed by atoms with E-state index in [2.05, 4.69) is 10.6 Å². The number of carbonyl (C=O) groups is 3. The number of nitrogens with one attached hydrogen (secondary N) is 3. The van der Waals surface area contributed by atoms with Crippen molar-refractivity contribution < 1.29 is 14.4 Å². The fraction of sp³-hybridized carbons (Fsp3) is 0.267. The van der Waals surface area contributed by atoms with Gasteiger partial charge in [0, 0.05) is 31.5 Å². The Morgan fingerprint density at radius 1 is 0.947 bits per heavy atom. The molecule has 5 N–H and O–H groups in total. The van der Waals surface area contributed by atoms with Gasteiger partial charge < -0.3 is 21.3 Å². The second kappa shape index (κ2) is 12.2. The minimum Gasteiger partial charge on any atom is -0.384 e. The summed E-state index contributed by atoms with van der Waals surface area (Å²) in [7, 11) is 0. The van der Waals surface area contributed by atoms with Crippen LogP contribution < -0.4 is 16.4 Å². The van der Waals surface area contributed by atoms with Crippen LogP contribution in [-0.2, 0) is 20.9 Å². The van der Waals surface area contributed by atoms with E-state index in [0.29, 0.717) is 31.5 Å². The van der Waals surface area contributed by atoms with Crippen molar-refractivity contribution in [2.45, 2.75) is 44.3 Å². The largest absolute Gasteiger partial charge is 0.384 e. The maximum absolute atomic E-state index is 14.1. The van der Waals surface area contributed by atoms with Crippen molar-refractivity contribution in [1.29, 1.82) is 5.41 Å². The molecule has 8 nitrogen and oxygen atoms in total. The predicted molar refractivity (Wildman–Crippen MR) is 146 cm³/mol. The van der Waals surface area contributed by atoms with E-state index in [1.807, 2.05) is 72.8 Å². The average molecular weight is 512 g/mol. The summed E-state index contributed by atoms with van der Waals surface area (Å²) in [6, 6.07) is 24.9. The molecule has 4 rings (SSSR count). The van der Waals surface area contributed by atoms with Crippen molar-refractivity contribution in [1.82, 2.24) is 15.5 Å². The molecule has 3 aromatic carbocycles. The number of carbonyl (C=O) groups excluding carboxylic acids is 3. The first-order valence-corrected chi connectivity index (χ1v) is 12.7. The van der Waals surface area contributed by atoms with Crippen molar-refractivity contribution in [3.05, 3.63) is 107 Å². The smallest absolute Gasteiger partial charge is 0.246 e. The Labute approximate surface area is 222 Å². The van der Waals surface area contributed by atoms with E-state index < -0.39 is 18.0 Å². The van der Waals surface area contributed by atoms with E-state index in [1.165, 1.54) is 6.92 Å². The fourth-order valence-electron chi connectivity index (χ4n) is 5.00. The van der Waals surface area contributed by atoms with Crippen LogP contribution in [0.1, 0.15) is 47.9 Å². The molecule has 3 amide bonds. The van der Waals surface area contributed by atoms with Gasteiger partial charge in [-0.25, -0.2) is 0 Å². The van der Waals surface area contributed by atoms with Gasteiger partial charge in [-0.1, -0.05) is 84.9 Å². The van der Waals surface area contributed by atoms with Gasteiger partial charge >= 0.3 is 0 Å². The van der Waals surface area contributed by atoms with Crippen LogP contribution >= 0.6 is 0 Å². The Morgan fingerprint density at radius 2 is 1.53 bits per heavy atom. The van der Waals surface area contributed by atoms with E-state index in [-0.39, 0.29) is 23.6 Å². The number of amides is 3. The zero-order valence-corrected chi connectivity index (χ0v) is 21.4. The molecule has 8 heteroatoms. The first-order valence-electron chi connectivity index (χ1n) is 12.7. The van der Waals surface area contributed by atoms with Crippen molar-refractivity contribution in [3.8, 4) is 0 Å². The molecule has 0 bridgehead atoms. The quantitative estimate of drug-likeness (QED) is 0.260. The lowest BCUT2D eigenvalue weighted by molar-refractivity contribution is -0.141. The topological polar surface area (TPSA) is 128 Å². The van der Waals surface area contributed by atoms with Crippen LogP contribution in [0.5, 0.6) is 0 Å². The molecule has 196 valence electrons. The molecule has 1 heterocycles. The highest BCUT2D eigenvalue weighted by Gasteiger charge is 2.41. The number of hydrogen-bond acceptors (Lipinski definition) is 4. The van der Waals surface area contributed by atoms with Gasteiger partial charge in [0.2, 0.25) is 17.7 Å². The number of nitrogens with two attached hydrogens (primary N) is 1. The number of nitrogen functional groups attached to an aromatic ring is 1. The molecule has 1 aliphatic rings. The average Bonchev–Trinajstić information content (AvgIpc) is 3.42. The molecule has 0 spiro atoms. The Balaban J connectivity index is 1.56. The number of rotatable bonds is 9. The molecule has 1 saturated heterocycles. The Bertz CT molecular complexity index is 1240. The number of nitrogens with zero attached hydrogens (tertiary/aromatic N) is 1. The summed E-state index contributed by atoms with van der Waals surface area (Å²) in [5.74, 6) is -1.25. The van der Waals surface area contributed by atoms with Crippen molar-refractivity contribution in [3.63, 3.8) is 0 Å². The van der Waals surface area contributed by atoms with E-state index in [9.17, 15) is 14.4 Å². The van der Waals surface area contributed by atoms with Crippen LogP contribution in [0, 0.1) is 5.41 Å². The fourth-order valence-corrected chi connectivity index (χ4v) is 5.00. The van der Waals surface area contributed by atoms with E-state index in [4.69, 9.17) is 11.1 Å². The van der Waals surface area contributed by atoms with Crippen LogP contribution in [0.2, 0.25) is 0 Å². The lowest BCUT2D eigenvalue weighted by Crippen LogP contribution is -2.55. The third kappa shape index (κ3) is 6.26. The van der Waals surface area contributed by atoms with Gasteiger partial charge in [-0.05, 0) is 29.5 Å². The molecule has 0 saturated carbocycles. The third-order valence-corrected chi connectivity index (χ3v) is 6.85. The van der Waals surface area contributed by atoms with Crippen LogP contribution in [0.3, 0.4) is 0 Å². The first-order chi connectivity index (χ1) is 18.3. The Morgan fingerprint density at radius 3 is 2.05 bits per heavy atom. The molecule has 1 fully saturated rings. The molecule has 1 aliphatic heterocycles. The molecular weight excluding hydrogens is 478 g/mol. The summed E-state index contributed by atoms with van der Waals surface area (Å²) in [4.78, 5) is 41.2. The highest BCUT2D eigenvalue weighted by atomic mass is 16.2. The number of likely N-dealkylation sites (tertiary alicyclic amines) is 1. The minimum atomic E-state index is -0.871. The summed E-state index contributed by atoms with van der Waals surface area (Å²) in [5.41, 5.74) is 8.80. The zero-order valence-electron chi connectivity index (χ0n) is 21.4. The second-order valence-electron chi connectivity index (χ2n) is 9.50. The first kappa shape index (κ1) is 26.6. The third-order valence-electron chi connectivity index (χ3n) is 6.85. The summed E-state index contributed by atoms with van der Waals surface area (Å²) in [5, 5.41) is 13.4. The molecule has 0 aromatic heterocycles. The molecule has 0 radical (unpaired) electrons. The van der Waals surface area contributed by atoms with Gasteiger partial charge in [0.05, 0.1) is 0 Å². The second-order valence-corrected chi connectivity index (χ2v) is 9.50. The summed E-state index contributed by atoms with van der Waals surface area (Å²) >= 11 is 0. The standard InChI is InChI=1S/C30H33N5O3/c1-20(36)34-27(26(22-9-4-2-5-10-22)23-11-6-3-7-12-23)30(38)35-18-8-13-25(35)29(37)33-19-21-14-16-24(17-15-21)28(31)32/h2-7,9-12,14-17,25-27H,8,13,18-19H2,1H3,(H3,31,32)(H,33,37)(H,34,36)/t25-,27+/m0/s1. The van der Waals surface area contributed by atoms with Crippen LogP contribution in [-0.4, -0.2) is 47.1 Å². The van der Waals surface area contributed by atoms with Crippen LogP contribution in [0.15, 0.2) is 84.9 Å². The summed E-state index contributed by atoms with van der Waals surface area (Å²) < 4.78 is 0. The highest BCUT2D eigenvalue weighted by Crippen LogP contribution is 2.31. The summed E-state index contributed by atoms with van der Waals surface area (Å²) in [6.45, 7) is 2.14. The zero-order chi connectivity index (χ0) is 27.1. The van der Waals surface area contributed by atoms with Gasteiger partial charge in [-0.2, -0.15) is 0 Å². The number of benzene rings is 3. The van der Waals surface area contributed by atoms with Crippen molar-refractivity contribution >= 4 is 23.6 Å². The lowest BCUT2D eigenvalue weighted by atomic mass is 9.84. The van der Waals surface area contributed by atoms with Gasteiger partial charge in [-0.15, -0.1) is 0 Å². The Kier molecular flexibility index (Phi) is 8.53. The van der Waals surface area contributed by atoms with Crippen LogP contribution in [0.25, 0.3) is 0 Å². The number of amidine groups is 1. The summed E-state index contributed by atoms with van der Waals surface area (Å²) in [6.07, 6.45) is 1.25. The Hall–Kier alpha value is -4.46. The molecule has 2 atom stereocenters. The SMILES string of the molecule is CC(=O)N[C@@H](C(=O)N1CCC[C@H]1C(=O)NCc1ccc(C(=N)N)cc1)C(c1ccccc1)c1ccccc1. The molecule has 38 heavy (non-hydrogen) atoms. The monoisotopic (exact) mass is 511 g/mol. The molecule has 3 aromatic rings. The molecule has 0 unspecified atom stereocenters. The predicted octanol–water partition coefficient (Wildman–Crippen LogP) is 2.91. The maximum Gasteiger partial charge on any atom is 0.246 e. The lowest BCUT2D eigenvalue weighted by Gasteiger charge is -2.33. The molecular formula is C30H33N5O3. The van der Waals surface area contributed by atoms with Crippen LogP contribution in [0.4, 0.5) is 0 Å². The maximum atomic E-state index is 14.1. The van der Waals surface area contributed by atoms with Gasteiger partial charge in [0.15, 0.2) is 0 Å². The normalized spacial score (nSPS) is 15.6. The van der Waals surface area contributed by atoms with E-state index in [1.54, 1.807) is 17.0 Å². The minimum absolute atomic E-state index is 0.0151. The van der Waals surface area contributed by atoms with Crippen molar-refractivity contribution in [2.75, 3.05) is 6.54 Å². The molecule has 0 aliphatic carbocycles.